The van der Waals surface area contributed by atoms with Crippen molar-refractivity contribution in [3.63, 3.8) is 0 Å². The molecule has 0 amide bonds. The smallest absolute Gasteiger partial charge is 0.292 e. The molecular weight excluding hydrogens is 246 g/mol. The number of nitro groups is 1. The Bertz CT molecular complexity index is 456. The second-order valence-corrected chi connectivity index (χ2v) is 4.86. The molecule has 0 saturated carbocycles. The maximum Gasteiger partial charge on any atom is 0.292 e. The number of hydrogen-bond donors (Lipinski definition) is 1. The summed E-state index contributed by atoms with van der Waals surface area (Å²) >= 11 is 0. The number of piperidine rings is 1. The molecule has 104 valence electrons. The molecule has 2 rings (SSSR count). The van der Waals surface area contributed by atoms with Gasteiger partial charge in [-0.05, 0) is 39.0 Å². The van der Waals surface area contributed by atoms with E-state index in [9.17, 15) is 10.1 Å². The number of anilines is 1. The van der Waals surface area contributed by atoms with Crippen molar-refractivity contribution in [3.05, 3.63) is 28.3 Å². The molecule has 1 aliphatic rings. The van der Waals surface area contributed by atoms with E-state index in [1.165, 1.54) is 6.07 Å². The van der Waals surface area contributed by atoms with Crippen LogP contribution in [0.1, 0.15) is 12.8 Å². The van der Waals surface area contributed by atoms with E-state index in [1.54, 1.807) is 19.2 Å². The van der Waals surface area contributed by atoms with Crippen molar-refractivity contribution in [3.8, 4) is 5.75 Å². The Morgan fingerprint density at radius 2 is 2.11 bits per heavy atom. The first kappa shape index (κ1) is 13.6. The highest BCUT2D eigenvalue weighted by molar-refractivity contribution is 5.64. The van der Waals surface area contributed by atoms with Gasteiger partial charge in [0.15, 0.2) is 0 Å². The highest BCUT2D eigenvalue weighted by Gasteiger charge is 2.21. The predicted molar refractivity (Wildman–Crippen MR) is 73.8 cm³/mol. The van der Waals surface area contributed by atoms with Crippen LogP contribution in [0.2, 0.25) is 0 Å². The number of likely N-dealkylation sites (tertiary alicyclic amines) is 1. The molecule has 0 radical (unpaired) electrons. The Morgan fingerprint density at radius 3 is 2.68 bits per heavy atom. The largest absolute Gasteiger partial charge is 0.497 e. The average molecular weight is 265 g/mol. The van der Waals surface area contributed by atoms with Gasteiger partial charge in [-0.2, -0.15) is 0 Å². The van der Waals surface area contributed by atoms with E-state index >= 15 is 0 Å². The topological polar surface area (TPSA) is 67.6 Å². The molecule has 0 bridgehead atoms. The molecule has 1 saturated heterocycles. The SMILES string of the molecule is COc1ccc([N+](=O)[O-])c(NC2CCN(C)CC2)c1. The third-order valence-corrected chi connectivity index (χ3v) is 3.48. The van der Waals surface area contributed by atoms with Crippen molar-refractivity contribution in [2.45, 2.75) is 18.9 Å². The summed E-state index contributed by atoms with van der Waals surface area (Å²) in [5.41, 5.74) is 0.638. The first-order chi connectivity index (χ1) is 9.10. The van der Waals surface area contributed by atoms with Crippen LogP contribution in [0.4, 0.5) is 11.4 Å². The van der Waals surface area contributed by atoms with E-state index < -0.39 is 0 Å². The number of rotatable bonds is 4. The van der Waals surface area contributed by atoms with Gasteiger partial charge in [0.1, 0.15) is 11.4 Å². The van der Waals surface area contributed by atoms with E-state index in [1.807, 2.05) is 0 Å². The van der Waals surface area contributed by atoms with Crippen LogP contribution in [-0.2, 0) is 0 Å². The lowest BCUT2D eigenvalue weighted by atomic mass is 10.0. The first-order valence-corrected chi connectivity index (χ1v) is 6.37. The molecule has 1 fully saturated rings. The van der Waals surface area contributed by atoms with E-state index in [-0.39, 0.29) is 16.7 Å². The summed E-state index contributed by atoms with van der Waals surface area (Å²) in [6.45, 7) is 2.02. The van der Waals surface area contributed by atoms with E-state index in [0.717, 1.165) is 25.9 Å². The molecule has 1 aromatic carbocycles. The number of ether oxygens (including phenoxy) is 1. The highest BCUT2D eigenvalue weighted by atomic mass is 16.6. The van der Waals surface area contributed by atoms with Crippen LogP contribution < -0.4 is 10.1 Å². The van der Waals surface area contributed by atoms with Gasteiger partial charge < -0.3 is 15.0 Å². The molecule has 0 aromatic heterocycles. The van der Waals surface area contributed by atoms with Crippen LogP contribution >= 0.6 is 0 Å². The lowest BCUT2D eigenvalue weighted by Crippen LogP contribution is -2.36. The number of benzene rings is 1. The molecule has 1 aromatic rings. The Hall–Kier alpha value is -1.82. The highest BCUT2D eigenvalue weighted by Crippen LogP contribution is 2.30. The molecule has 0 aliphatic carbocycles. The molecule has 1 aliphatic heterocycles. The Balaban J connectivity index is 2.15. The van der Waals surface area contributed by atoms with E-state index in [4.69, 9.17) is 4.74 Å². The summed E-state index contributed by atoms with van der Waals surface area (Å²) in [4.78, 5) is 12.9. The molecule has 19 heavy (non-hydrogen) atoms. The monoisotopic (exact) mass is 265 g/mol. The van der Waals surface area contributed by atoms with Gasteiger partial charge >= 0.3 is 0 Å². The zero-order valence-electron chi connectivity index (χ0n) is 11.3. The maximum atomic E-state index is 11.0. The summed E-state index contributed by atoms with van der Waals surface area (Å²) < 4.78 is 5.12. The summed E-state index contributed by atoms with van der Waals surface area (Å²) in [6, 6.07) is 5.06. The predicted octanol–water partition coefficient (Wildman–Crippen LogP) is 2.11. The van der Waals surface area contributed by atoms with Gasteiger partial charge in [0.05, 0.1) is 12.0 Å². The van der Waals surface area contributed by atoms with Crippen LogP contribution in [0.3, 0.4) is 0 Å². The molecular formula is C13H19N3O3. The Kier molecular flexibility index (Phi) is 4.21. The minimum atomic E-state index is -0.364. The van der Waals surface area contributed by atoms with Crippen molar-refractivity contribution in [1.82, 2.24) is 4.90 Å². The van der Waals surface area contributed by atoms with Crippen LogP contribution in [-0.4, -0.2) is 43.1 Å². The Labute approximate surface area is 112 Å². The van der Waals surface area contributed by atoms with Crippen molar-refractivity contribution < 1.29 is 9.66 Å². The van der Waals surface area contributed by atoms with Crippen molar-refractivity contribution >= 4 is 11.4 Å². The Morgan fingerprint density at radius 1 is 1.42 bits per heavy atom. The van der Waals surface area contributed by atoms with Crippen LogP contribution in [0.25, 0.3) is 0 Å². The number of hydrogen-bond acceptors (Lipinski definition) is 5. The quantitative estimate of drug-likeness (QED) is 0.667. The molecule has 6 nitrogen and oxygen atoms in total. The van der Waals surface area contributed by atoms with Crippen molar-refractivity contribution in [2.75, 3.05) is 32.6 Å². The number of nitrogens with one attached hydrogen (secondary N) is 1. The van der Waals surface area contributed by atoms with Gasteiger partial charge in [-0.25, -0.2) is 0 Å². The van der Waals surface area contributed by atoms with E-state index in [0.29, 0.717) is 11.4 Å². The lowest BCUT2D eigenvalue weighted by molar-refractivity contribution is -0.384. The minimum absolute atomic E-state index is 0.0970. The van der Waals surface area contributed by atoms with Crippen molar-refractivity contribution in [2.24, 2.45) is 0 Å². The minimum Gasteiger partial charge on any atom is -0.497 e. The summed E-state index contributed by atoms with van der Waals surface area (Å²) in [5.74, 6) is 0.626. The van der Waals surface area contributed by atoms with E-state index in [2.05, 4.69) is 17.3 Å². The van der Waals surface area contributed by atoms with Gasteiger partial charge in [-0.15, -0.1) is 0 Å². The third kappa shape index (κ3) is 3.35. The van der Waals surface area contributed by atoms with Gasteiger partial charge in [-0.3, -0.25) is 10.1 Å². The van der Waals surface area contributed by atoms with Crippen LogP contribution in [0, 0.1) is 10.1 Å². The fourth-order valence-electron chi connectivity index (χ4n) is 2.29. The molecule has 6 heteroatoms. The fraction of sp³-hybridized carbons (Fsp3) is 0.538. The summed E-state index contributed by atoms with van der Waals surface area (Å²) in [5, 5.41) is 14.3. The molecule has 1 heterocycles. The number of nitro benzene ring substituents is 1. The fourth-order valence-corrected chi connectivity index (χ4v) is 2.29. The summed E-state index contributed by atoms with van der Waals surface area (Å²) in [7, 11) is 3.64. The molecule has 0 unspecified atom stereocenters. The van der Waals surface area contributed by atoms with Gasteiger partial charge in [0.2, 0.25) is 0 Å². The molecule has 0 atom stereocenters. The lowest BCUT2D eigenvalue weighted by Gasteiger charge is -2.30. The first-order valence-electron chi connectivity index (χ1n) is 6.37. The average Bonchev–Trinajstić information content (AvgIpc) is 2.41. The second kappa shape index (κ2) is 5.88. The zero-order valence-corrected chi connectivity index (χ0v) is 11.3. The van der Waals surface area contributed by atoms with Crippen molar-refractivity contribution in [1.29, 1.82) is 0 Å². The number of nitrogens with zero attached hydrogens (tertiary/aromatic N) is 2. The van der Waals surface area contributed by atoms with Gasteiger partial charge in [0, 0.05) is 18.2 Å². The molecule has 1 N–H and O–H groups in total. The zero-order chi connectivity index (χ0) is 13.8. The second-order valence-electron chi connectivity index (χ2n) is 4.86. The van der Waals surface area contributed by atoms with Gasteiger partial charge in [0.25, 0.3) is 5.69 Å². The van der Waals surface area contributed by atoms with Crippen LogP contribution in [0.15, 0.2) is 18.2 Å². The van der Waals surface area contributed by atoms with Crippen LogP contribution in [0.5, 0.6) is 5.75 Å². The third-order valence-electron chi connectivity index (χ3n) is 3.48. The summed E-state index contributed by atoms with van der Waals surface area (Å²) in [6.07, 6.45) is 1.98. The standard InChI is InChI=1S/C13H19N3O3/c1-15-7-5-10(6-8-15)14-12-9-11(19-2)3-4-13(12)16(17)18/h3-4,9-10,14H,5-8H2,1-2H3. The molecule has 0 spiro atoms. The maximum absolute atomic E-state index is 11.0. The normalized spacial score (nSPS) is 17.2. The van der Waals surface area contributed by atoms with Gasteiger partial charge in [-0.1, -0.05) is 0 Å². The number of methoxy groups -OCH3 is 1.